The summed E-state index contributed by atoms with van der Waals surface area (Å²) in [5.41, 5.74) is 1.35. The van der Waals surface area contributed by atoms with Gasteiger partial charge in [-0.15, -0.1) is 10.2 Å². The van der Waals surface area contributed by atoms with E-state index >= 15 is 0 Å². The number of amides is 3. The van der Waals surface area contributed by atoms with Crippen LogP contribution in [0.5, 0.6) is 5.75 Å². The lowest BCUT2D eigenvalue weighted by molar-refractivity contribution is -0.117. The maximum atomic E-state index is 13.5. The summed E-state index contributed by atoms with van der Waals surface area (Å²) in [4.78, 5) is 37.9. The maximum absolute atomic E-state index is 13.5. The van der Waals surface area contributed by atoms with Gasteiger partial charge in [-0.3, -0.25) is 19.3 Å². The fourth-order valence-electron chi connectivity index (χ4n) is 3.63. The molecule has 0 atom stereocenters. The fourth-order valence-corrected chi connectivity index (χ4v) is 4.37. The van der Waals surface area contributed by atoms with Gasteiger partial charge >= 0.3 is 6.03 Å². The zero-order valence-corrected chi connectivity index (χ0v) is 20.9. The Kier molecular flexibility index (Phi) is 6.53. The van der Waals surface area contributed by atoms with Crippen molar-refractivity contribution in [2.45, 2.75) is 38.4 Å². The quantitative estimate of drug-likeness (QED) is 0.409. The number of nitrogens with one attached hydrogen (secondary N) is 2. The molecule has 35 heavy (non-hydrogen) atoms. The third-order valence-corrected chi connectivity index (χ3v) is 5.97. The molecule has 2 N–H and O–H groups in total. The molecule has 4 rings (SSSR count). The first-order valence-electron chi connectivity index (χ1n) is 10.9. The molecular weight excluding hydrogens is 468 g/mol. The maximum Gasteiger partial charge on any atom is 0.321 e. The van der Waals surface area contributed by atoms with Gasteiger partial charge in [-0.2, -0.15) is 0 Å². The number of rotatable bonds is 5. The highest BCUT2D eigenvalue weighted by molar-refractivity contribution is 7.99. The summed E-state index contributed by atoms with van der Waals surface area (Å²) in [6, 6.07) is 12.1. The third kappa shape index (κ3) is 4.99. The minimum Gasteiger partial charge on any atom is -0.495 e. The molecule has 0 bridgehead atoms. The van der Waals surface area contributed by atoms with Gasteiger partial charge in [0, 0.05) is 5.54 Å². The van der Waals surface area contributed by atoms with Crippen molar-refractivity contribution in [1.82, 2.24) is 29.8 Å². The number of carbonyl (C=O) groups is 2. The number of hydrogen-bond acceptors (Lipinski definition) is 7. The molecule has 10 nitrogen and oxygen atoms in total. The van der Waals surface area contributed by atoms with Crippen molar-refractivity contribution in [2.24, 2.45) is 0 Å². The molecule has 0 aliphatic heterocycles. The Morgan fingerprint density at radius 3 is 2.57 bits per heavy atom. The normalized spacial score (nSPS) is 11.6. The van der Waals surface area contributed by atoms with Crippen LogP contribution < -0.4 is 20.9 Å². The van der Waals surface area contributed by atoms with Crippen molar-refractivity contribution < 1.29 is 14.3 Å². The molecule has 0 spiro atoms. The summed E-state index contributed by atoms with van der Waals surface area (Å²) in [6.07, 6.45) is 0. The average Bonchev–Trinajstić information content (AvgIpc) is 3.20. The highest BCUT2D eigenvalue weighted by Crippen LogP contribution is 2.27. The van der Waals surface area contributed by atoms with Crippen LogP contribution in [0, 0.1) is 6.92 Å². The van der Waals surface area contributed by atoms with Gasteiger partial charge in [0.1, 0.15) is 5.75 Å². The van der Waals surface area contributed by atoms with E-state index in [-0.39, 0.29) is 17.1 Å². The van der Waals surface area contributed by atoms with Gasteiger partial charge in [0.25, 0.3) is 5.56 Å². The number of hydrogen-bond donors (Lipinski definition) is 2. The molecule has 2 heterocycles. The largest absolute Gasteiger partial charge is 0.495 e. The Morgan fingerprint density at radius 2 is 1.86 bits per heavy atom. The lowest BCUT2D eigenvalue weighted by Crippen LogP contribution is -2.48. The molecule has 2 aromatic heterocycles. The van der Waals surface area contributed by atoms with E-state index in [1.807, 2.05) is 45.9 Å². The summed E-state index contributed by atoms with van der Waals surface area (Å²) in [5.74, 6) is 0.244. The van der Waals surface area contributed by atoms with Gasteiger partial charge in [0.2, 0.25) is 11.7 Å². The second-order valence-corrected chi connectivity index (χ2v) is 9.93. The molecule has 0 radical (unpaired) electrons. The first-order valence-corrected chi connectivity index (χ1v) is 11.9. The number of imide groups is 1. The second-order valence-electron chi connectivity index (χ2n) is 8.99. The van der Waals surface area contributed by atoms with Crippen molar-refractivity contribution in [3.05, 3.63) is 58.4 Å². The summed E-state index contributed by atoms with van der Waals surface area (Å²) >= 11 is 1.11. The van der Waals surface area contributed by atoms with E-state index in [1.165, 1.54) is 11.7 Å². The molecule has 2 aromatic carbocycles. The Labute approximate surface area is 205 Å². The molecule has 0 aliphatic rings. The summed E-state index contributed by atoms with van der Waals surface area (Å²) in [7, 11) is 1.54. The van der Waals surface area contributed by atoms with Gasteiger partial charge in [-0.25, -0.2) is 9.36 Å². The SMILES string of the molecule is COc1ccc(C)cc1-n1c(=O)c2ccccc2n2c(SCC(=O)NC(=O)NC(C)(C)C)nnc12. The topological polar surface area (TPSA) is 120 Å². The monoisotopic (exact) mass is 494 g/mol. The van der Waals surface area contributed by atoms with Crippen LogP contribution in [0.25, 0.3) is 22.4 Å². The smallest absolute Gasteiger partial charge is 0.321 e. The Morgan fingerprint density at radius 1 is 1.11 bits per heavy atom. The first-order chi connectivity index (χ1) is 16.6. The van der Waals surface area contributed by atoms with E-state index in [2.05, 4.69) is 20.8 Å². The number of ether oxygens (including phenoxy) is 1. The molecule has 4 aromatic rings. The number of carbonyl (C=O) groups excluding carboxylic acids is 2. The minimum atomic E-state index is -0.569. The van der Waals surface area contributed by atoms with E-state index in [0.717, 1.165) is 17.3 Å². The molecule has 3 amide bonds. The molecule has 11 heteroatoms. The number of aryl methyl sites for hydroxylation is 1. The van der Waals surface area contributed by atoms with Gasteiger partial charge in [0.15, 0.2) is 5.16 Å². The van der Waals surface area contributed by atoms with Gasteiger partial charge < -0.3 is 10.1 Å². The van der Waals surface area contributed by atoms with Crippen LogP contribution in [0.3, 0.4) is 0 Å². The van der Waals surface area contributed by atoms with E-state index in [0.29, 0.717) is 27.5 Å². The number of methoxy groups -OCH3 is 1. The lowest BCUT2D eigenvalue weighted by Gasteiger charge is -2.20. The fraction of sp³-hybridized carbons (Fsp3) is 0.292. The van der Waals surface area contributed by atoms with E-state index in [4.69, 9.17) is 4.74 Å². The van der Waals surface area contributed by atoms with Gasteiger partial charge in [-0.1, -0.05) is 30.0 Å². The number of aromatic nitrogens is 4. The minimum absolute atomic E-state index is 0.0699. The Bertz CT molecular complexity index is 1500. The van der Waals surface area contributed by atoms with Gasteiger partial charge in [-0.05, 0) is 57.5 Å². The van der Waals surface area contributed by atoms with Crippen molar-refractivity contribution in [3.63, 3.8) is 0 Å². The second kappa shape index (κ2) is 9.41. The standard InChI is InChI=1S/C24H26N6O4S/c1-14-10-11-18(34-5)17(12-14)29-20(32)15-8-6-7-9-16(15)30-22(29)27-28-23(30)35-13-19(31)25-21(33)26-24(2,3)4/h6-12H,13H2,1-5H3,(H2,25,26,31,33). The van der Waals surface area contributed by atoms with Crippen molar-refractivity contribution in [3.8, 4) is 11.4 Å². The predicted molar refractivity (Wildman–Crippen MR) is 135 cm³/mol. The summed E-state index contributed by atoms with van der Waals surface area (Å²) in [6.45, 7) is 7.39. The number of fused-ring (bicyclic) bond motifs is 3. The van der Waals surface area contributed by atoms with Crippen LogP contribution in [0.1, 0.15) is 26.3 Å². The van der Waals surface area contributed by atoms with Crippen LogP contribution in [-0.2, 0) is 4.79 Å². The first kappa shape index (κ1) is 24.3. The van der Waals surface area contributed by atoms with E-state index in [9.17, 15) is 14.4 Å². The molecule has 182 valence electrons. The Hall–Kier alpha value is -3.86. The highest BCUT2D eigenvalue weighted by atomic mass is 32.2. The van der Waals surface area contributed by atoms with Crippen LogP contribution in [0.4, 0.5) is 4.79 Å². The van der Waals surface area contributed by atoms with Crippen LogP contribution in [-0.4, -0.2) is 49.5 Å². The molecule has 0 unspecified atom stereocenters. The summed E-state index contributed by atoms with van der Waals surface area (Å²) < 4.78 is 8.70. The lowest BCUT2D eigenvalue weighted by atomic mass is 10.1. The van der Waals surface area contributed by atoms with Crippen molar-refractivity contribution >= 4 is 40.4 Å². The van der Waals surface area contributed by atoms with Crippen LogP contribution >= 0.6 is 11.8 Å². The number of nitrogens with zero attached hydrogens (tertiary/aromatic N) is 4. The van der Waals surface area contributed by atoms with Gasteiger partial charge in [0.05, 0.1) is 29.5 Å². The zero-order valence-electron chi connectivity index (χ0n) is 20.1. The number of benzene rings is 2. The van der Waals surface area contributed by atoms with Crippen LogP contribution in [0.15, 0.2) is 52.4 Å². The molecule has 0 saturated carbocycles. The number of urea groups is 1. The number of thioether (sulfide) groups is 1. The Balaban J connectivity index is 1.77. The van der Waals surface area contributed by atoms with Crippen molar-refractivity contribution in [1.29, 1.82) is 0 Å². The van der Waals surface area contributed by atoms with Crippen molar-refractivity contribution in [2.75, 3.05) is 12.9 Å². The predicted octanol–water partition coefficient (Wildman–Crippen LogP) is 3.07. The van der Waals surface area contributed by atoms with E-state index in [1.54, 1.807) is 28.7 Å². The number of para-hydroxylation sites is 1. The summed E-state index contributed by atoms with van der Waals surface area (Å²) in [5, 5.41) is 14.4. The van der Waals surface area contributed by atoms with Crippen LogP contribution in [0.2, 0.25) is 0 Å². The molecule has 0 fully saturated rings. The average molecular weight is 495 g/mol. The molecular formula is C24H26N6O4S. The highest BCUT2D eigenvalue weighted by Gasteiger charge is 2.21. The molecule has 0 aliphatic carbocycles. The van der Waals surface area contributed by atoms with E-state index < -0.39 is 17.5 Å². The third-order valence-electron chi connectivity index (χ3n) is 5.04. The molecule has 0 saturated heterocycles. The zero-order chi connectivity index (χ0) is 25.3.